The Morgan fingerprint density at radius 1 is 1.03 bits per heavy atom. The van der Waals surface area contributed by atoms with Crippen molar-refractivity contribution in [3.63, 3.8) is 0 Å². The molecule has 2 aromatic carbocycles. The molecule has 0 aliphatic carbocycles. The van der Waals surface area contributed by atoms with Gasteiger partial charge in [0, 0.05) is 0 Å². The van der Waals surface area contributed by atoms with E-state index in [1.54, 1.807) is 0 Å². The number of esters is 1. The fourth-order valence-corrected chi connectivity index (χ4v) is 8.68. The van der Waals surface area contributed by atoms with Gasteiger partial charge in [-0.15, -0.1) is 0 Å². The molecular formula is C18H19NO8S3. The first-order valence-corrected chi connectivity index (χ1v) is 13.6. The van der Waals surface area contributed by atoms with Crippen molar-refractivity contribution in [1.82, 2.24) is 0 Å². The monoisotopic (exact) mass is 473 g/mol. The van der Waals surface area contributed by atoms with Crippen molar-refractivity contribution in [3.8, 4) is 0 Å². The predicted molar refractivity (Wildman–Crippen MR) is 109 cm³/mol. The summed E-state index contributed by atoms with van der Waals surface area (Å²) < 4.78 is 81.4. The van der Waals surface area contributed by atoms with E-state index < -0.39 is 46.7 Å². The van der Waals surface area contributed by atoms with Crippen molar-refractivity contribution in [2.75, 3.05) is 23.3 Å². The molecule has 0 aromatic heterocycles. The fourth-order valence-electron chi connectivity index (χ4n) is 3.08. The van der Waals surface area contributed by atoms with E-state index in [9.17, 15) is 30.0 Å². The van der Waals surface area contributed by atoms with Gasteiger partial charge in [-0.3, -0.25) is 4.72 Å². The number of anilines is 1. The topological polar surface area (TPSA) is 141 Å². The molecule has 1 fully saturated rings. The molecular weight excluding hydrogens is 454 g/mol. The zero-order valence-corrected chi connectivity index (χ0v) is 18.3. The summed E-state index contributed by atoms with van der Waals surface area (Å²) in [4.78, 5) is 11.2. The van der Waals surface area contributed by atoms with Gasteiger partial charge in [0.05, 0.1) is 44.9 Å². The Morgan fingerprint density at radius 3 is 2.33 bits per heavy atom. The molecule has 12 heteroatoms. The second kappa shape index (κ2) is 8.00. The Kier molecular flexibility index (Phi) is 5.94. The maximum atomic E-state index is 12.8. The highest BCUT2D eigenvalue weighted by Gasteiger charge is 2.38. The summed E-state index contributed by atoms with van der Waals surface area (Å²) >= 11 is 0. The molecule has 30 heavy (non-hydrogen) atoms. The highest BCUT2D eigenvalue weighted by molar-refractivity contribution is 7.96. The van der Waals surface area contributed by atoms with Gasteiger partial charge in [0.25, 0.3) is 10.0 Å². The molecule has 9 nitrogen and oxygen atoms in total. The van der Waals surface area contributed by atoms with E-state index in [1.165, 1.54) is 42.5 Å². The third kappa shape index (κ3) is 4.50. The number of carbonyl (C=O) groups excluding carboxylic acids is 1. The number of hydrogen-bond acceptors (Lipinski definition) is 8. The van der Waals surface area contributed by atoms with E-state index in [2.05, 4.69) is 9.46 Å². The van der Waals surface area contributed by atoms with E-state index in [4.69, 9.17) is 0 Å². The number of methoxy groups -OCH3 is 1. The van der Waals surface area contributed by atoms with Gasteiger partial charge >= 0.3 is 5.97 Å². The van der Waals surface area contributed by atoms with E-state index in [0.29, 0.717) is 0 Å². The SMILES string of the molecule is COC(=O)c1ccccc1NS(=O)(=O)c1cccc(S(=O)(=O)C2CCS(=O)(=O)C2)c1. The molecule has 0 bridgehead atoms. The number of benzene rings is 2. The molecule has 2 aromatic rings. The Morgan fingerprint density at radius 2 is 1.70 bits per heavy atom. The first-order chi connectivity index (χ1) is 14.0. The van der Waals surface area contributed by atoms with Crippen LogP contribution in [0.1, 0.15) is 16.8 Å². The first kappa shape index (κ1) is 22.2. The van der Waals surface area contributed by atoms with Crippen LogP contribution in [-0.2, 0) is 34.4 Å². The second-order valence-electron chi connectivity index (χ2n) is 6.69. The van der Waals surface area contributed by atoms with Gasteiger partial charge in [-0.05, 0) is 36.8 Å². The van der Waals surface area contributed by atoms with Gasteiger partial charge < -0.3 is 4.74 Å². The van der Waals surface area contributed by atoms with Crippen molar-refractivity contribution in [1.29, 1.82) is 0 Å². The van der Waals surface area contributed by atoms with Crippen LogP contribution in [0.5, 0.6) is 0 Å². The predicted octanol–water partition coefficient (Wildman–Crippen LogP) is 1.23. The Labute approximate surface area is 175 Å². The lowest BCUT2D eigenvalue weighted by atomic mass is 10.2. The van der Waals surface area contributed by atoms with Gasteiger partial charge in [-0.2, -0.15) is 0 Å². The smallest absolute Gasteiger partial charge is 0.339 e. The summed E-state index contributed by atoms with van der Waals surface area (Å²) in [5, 5.41) is -1.12. The number of para-hydroxylation sites is 1. The molecule has 1 heterocycles. The summed E-state index contributed by atoms with van der Waals surface area (Å²) in [5.74, 6) is -1.45. The number of carbonyl (C=O) groups is 1. The average molecular weight is 474 g/mol. The minimum Gasteiger partial charge on any atom is -0.465 e. The van der Waals surface area contributed by atoms with Crippen LogP contribution in [0, 0.1) is 0 Å². The Balaban J connectivity index is 1.95. The third-order valence-electron chi connectivity index (χ3n) is 4.65. The number of rotatable bonds is 6. The average Bonchev–Trinajstić information content (AvgIpc) is 3.08. The van der Waals surface area contributed by atoms with Crippen LogP contribution in [0.2, 0.25) is 0 Å². The molecule has 1 aliphatic rings. The molecule has 3 rings (SSSR count). The molecule has 0 spiro atoms. The molecule has 0 radical (unpaired) electrons. The third-order valence-corrected chi connectivity index (χ3v) is 10.2. The number of sulfone groups is 2. The van der Waals surface area contributed by atoms with Crippen LogP contribution in [0.3, 0.4) is 0 Å². The number of nitrogens with one attached hydrogen (secondary N) is 1. The van der Waals surface area contributed by atoms with Crippen LogP contribution < -0.4 is 4.72 Å². The first-order valence-electron chi connectivity index (χ1n) is 8.71. The normalized spacial score (nSPS) is 18.6. The van der Waals surface area contributed by atoms with Crippen molar-refractivity contribution in [3.05, 3.63) is 54.1 Å². The molecule has 1 atom stereocenters. The van der Waals surface area contributed by atoms with E-state index in [-0.39, 0.29) is 33.2 Å². The number of sulfonamides is 1. The highest BCUT2D eigenvalue weighted by atomic mass is 32.2. The Bertz CT molecular complexity index is 1300. The zero-order chi connectivity index (χ0) is 22.2. The molecule has 1 unspecified atom stereocenters. The fraction of sp³-hybridized carbons (Fsp3) is 0.278. The van der Waals surface area contributed by atoms with E-state index in [0.717, 1.165) is 13.2 Å². The maximum Gasteiger partial charge on any atom is 0.339 e. The van der Waals surface area contributed by atoms with Gasteiger partial charge in [-0.25, -0.2) is 30.0 Å². The van der Waals surface area contributed by atoms with Gasteiger partial charge in [-0.1, -0.05) is 18.2 Å². The number of hydrogen-bond donors (Lipinski definition) is 1. The highest BCUT2D eigenvalue weighted by Crippen LogP contribution is 2.28. The van der Waals surface area contributed by atoms with Crippen LogP contribution in [0.25, 0.3) is 0 Å². The zero-order valence-electron chi connectivity index (χ0n) is 15.8. The lowest BCUT2D eigenvalue weighted by Crippen LogP contribution is -2.23. The van der Waals surface area contributed by atoms with Gasteiger partial charge in [0.15, 0.2) is 19.7 Å². The molecule has 1 aliphatic heterocycles. The van der Waals surface area contributed by atoms with Crippen LogP contribution in [0.15, 0.2) is 58.3 Å². The Hall–Kier alpha value is -2.44. The molecule has 162 valence electrons. The largest absolute Gasteiger partial charge is 0.465 e. The van der Waals surface area contributed by atoms with Gasteiger partial charge in [0.1, 0.15) is 0 Å². The van der Waals surface area contributed by atoms with Crippen LogP contribution in [0.4, 0.5) is 5.69 Å². The second-order valence-corrected chi connectivity index (χ2v) is 12.8. The van der Waals surface area contributed by atoms with Crippen molar-refractivity contribution >= 4 is 41.4 Å². The minimum absolute atomic E-state index is 0.0106. The molecule has 0 saturated carbocycles. The lowest BCUT2D eigenvalue weighted by Gasteiger charge is -2.14. The van der Waals surface area contributed by atoms with E-state index in [1.807, 2.05) is 0 Å². The van der Waals surface area contributed by atoms with Crippen LogP contribution in [-0.4, -0.2) is 55.1 Å². The maximum absolute atomic E-state index is 12.8. The summed E-state index contributed by atoms with van der Waals surface area (Å²) in [6.45, 7) is 0. The molecule has 0 amide bonds. The van der Waals surface area contributed by atoms with Crippen molar-refractivity contribution in [2.45, 2.75) is 21.5 Å². The van der Waals surface area contributed by atoms with Crippen molar-refractivity contribution < 1.29 is 34.8 Å². The number of ether oxygens (including phenoxy) is 1. The summed E-state index contributed by atoms with van der Waals surface area (Å²) in [6.07, 6.45) is -0.0353. The van der Waals surface area contributed by atoms with Crippen molar-refractivity contribution in [2.24, 2.45) is 0 Å². The van der Waals surface area contributed by atoms with Crippen LogP contribution >= 0.6 is 0 Å². The standard InChI is InChI=1S/C18H19NO8S3/c1-27-18(20)16-7-2-3-8-17(16)19-30(25,26)14-6-4-5-13(11-14)29(23,24)15-9-10-28(21,22)12-15/h2-8,11,15,19H,9-10,12H2,1H3. The van der Waals surface area contributed by atoms with E-state index >= 15 is 0 Å². The minimum atomic E-state index is -4.25. The van der Waals surface area contributed by atoms with Gasteiger partial charge in [0.2, 0.25) is 0 Å². The summed E-state index contributed by atoms with van der Waals surface area (Å²) in [7, 11) is -10.6. The lowest BCUT2D eigenvalue weighted by molar-refractivity contribution is 0.0602. The summed E-state index contributed by atoms with van der Waals surface area (Å²) in [6, 6.07) is 10.5. The quantitative estimate of drug-likeness (QED) is 0.618. The summed E-state index contributed by atoms with van der Waals surface area (Å²) in [5.41, 5.74) is -0.0389. The molecule has 1 saturated heterocycles. The molecule has 1 N–H and O–H groups in total.